The highest BCUT2D eigenvalue weighted by Gasteiger charge is 2.31. The fourth-order valence-electron chi connectivity index (χ4n) is 4.69. The molecule has 1 aliphatic rings. The molecular weight excluding hydrogens is 444 g/mol. The topological polar surface area (TPSA) is 82.8 Å². The van der Waals surface area contributed by atoms with Gasteiger partial charge < -0.3 is 19.6 Å². The molecular formula is C28H30N2O5. The van der Waals surface area contributed by atoms with Gasteiger partial charge in [-0.1, -0.05) is 36.4 Å². The second-order valence-corrected chi connectivity index (χ2v) is 8.83. The van der Waals surface area contributed by atoms with Gasteiger partial charge in [0, 0.05) is 37.2 Å². The van der Waals surface area contributed by atoms with E-state index in [1.807, 2.05) is 36.4 Å². The number of benzene rings is 2. The van der Waals surface area contributed by atoms with Crippen molar-refractivity contribution in [3.8, 4) is 5.75 Å². The molecule has 7 nitrogen and oxygen atoms in total. The molecule has 0 unspecified atom stereocenters. The number of rotatable bonds is 8. The van der Waals surface area contributed by atoms with Crippen molar-refractivity contribution in [3.05, 3.63) is 89.8 Å². The molecule has 0 N–H and O–H groups in total. The molecule has 35 heavy (non-hydrogen) atoms. The van der Waals surface area contributed by atoms with Crippen LogP contribution in [0.3, 0.4) is 0 Å². The first-order valence-electron chi connectivity index (χ1n) is 11.8. The molecule has 1 fully saturated rings. The van der Waals surface area contributed by atoms with Crippen LogP contribution in [0.25, 0.3) is 10.9 Å². The number of ether oxygens (including phenoxy) is 2. The summed E-state index contributed by atoms with van der Waals surface area (Å²) in [4.78, 5) is 27.4. The Morgan fingerprint density at radius 2 is 2.00 bits per heavy atom. The molecule has 0 bridgehead atoms. The van der Waals surface area contributed by atoms with Crippen molar-refractivity contribution in [2.24, 2.45) is 11.8 Å². The van der Waals surface area contributed by atoms with Gasteiger partial charge >= 0.3 is 6.09 Å². The van der Waals surface area contributed by atoms with Gasteiger partial charge in [0.25, 0.3) is 0 Å². The summed E-state index contributed by atoms with van der Waals surface area (Å²) >= 11 is 0. The third kappa shape index (κ3) is 5.62. The summed E-state index contributed by atoms with van der Waals surface area (Å²) in [5.74, 6) is 0.896. The van der Waals surface area contributed by atoms with Crippen LogP contribution in [0, 0.1) is 17.0 Å². The predicted octanol–water partition coefficient (Wildman–Crippen LogP) is 4.91. The third-order valence-electron chi connectivity index (χ3n) is 6.72. The summed E-state index contributed by atoms with van der Waals surface area (Å²) in [7, 11) is 1.55. The van der Waals surface area contributed by atoms with Crippen LogP contribution < -0.4 is 9.47 Å². The van der Waals surface area contributed by atoms with Crippen molar-refractivity contribution >= 4 is 22.8 Å². The molecule has 0 spiro atoms. The SMILES string of the molecule is C=C[C@H]1CN(C(=O)OCc2ccccc2)CC[C@H]1CCC(=O)c1cc[n+]([O-])c2ccc(OC)cc12. The maximum absolute atomic E-state index is 13.1. The molecule has 0 aliphatic carbocycles. The number of aromatic nitrogens is 1. The number of ketones is 1. The van der Waals surface area contributed by atoms with E-state index >= 15 is 0 Å². The Kier molecular flexibility index (Phi) is 7.65. The largest absolute Gasteiger partial charge is 0.618 e. The van der Waals surface area contributed by atoms with Gasteiger partial charge in [0.1, 0.15) is 12.4 Å². The van der Waals surface area contributed by atoms with E-state index in [4.69, 9.17) is 9.47 Å². The summed E-state index contributed by atoms with van der Waals surface area (Å²) in [5, 5.41) is 12.8. The zero-order valence-corrected chi connectivity index (χ0v) is 19.9. The molecule has 4 rings (SSSR count). The zero-order valence-electron chi connectivity index (χ0n) is 19.9. The molecule has 0 saturated carbocycles. The van der Waals surface area contributed by atoms with Crippen molar-refractivity contribution in [3.63, 3.8) is 0 Å². The third-order valence-corrected chi connectivity index (χ3v) is 6.72. The first-order chi connectivity index (χ1) is 17.0. The van der Waals surface area contributed by atoms with Crippen LogP contribution in [0.4, 0.5) is 4.79 Å². The van der Waals surface area contributed by atoms with E-state index in [1.54, 1.807) is 36.3 Å². The van der Waals surface area contributed by atoms with E-state index in [1.165, 1.54) is 6.20 Å². The number of methoxy groups -OCH3 is 1. The number of amides is 1. The number of pyridine rings is 1. The van der Waals surface area contributed by atoms with Crippen LogP contribution in [0.15, 0.2) is 73.4 Å². The number of carbonyl (C=O) groups is 2. The van der Waals surface area contributed by atoms with Gasteiger partial charge in [0.2, 0.25) is 5.52 Å². The van der Waals surface area contributed by atoms with Crippen molar-refractivity contribution in [2.75, 3.05) is 20.2 Å². The lowest BCUT2D eigenvalue weighted by atomic mass is 9.81. The summed E-state index contributed by atoms with van der Waals surface area (Å²) in [5.41, 5.74) is 1.90. The smallest absolute Gasteiger partial charge is 0.410 e. The minimum absolute atomic E-state index is 0.0173. The van der Waals surface area contributed by atoms with E-state index in [0.717, 1.165) is 16.7 Å². The van der Waals surface area contributed by atoms with E-state index in [0.29, 0.717) is 48.1 Å². The van der Waals surface area contributed by atoms with Crippen LogP contribution in [0.2, 0.25) is 0 Å². The first-order valence-corrected chi connectivity index (χ1v) is 11.8. The molecule has 1 amide bonds. The highest BCUT2D eigenvalue weighted by atomic mass is 16.6. The van der Waals surface area contributed by atoms with Gasteiger partial charge in [-0.15, -0.1) is 6.58 Å². The summed E-state index contributed by atoms with van der Waals surface area (Å²) in [6, 6.07) is 16.3. The maximum atomic E-state index is 13.1. The molecule has 2 aromatic carbocycles. The molecule has 0 radical (unpaired) electrons. The Hall–Kier alpha value is -3.87. The van der Waals surface area contributed by atoms with E-state index < -0.39 is 0 Å². The summed E-state index contributed by atoms with van der Waals surface area (Å²) in [6.45, 7) is 5.31. The van der Waals surface area contributed by atoms with Gasteiger partial charge in [-0.05, 0) is 42.4 Å². The number of hydrogen-bond donors (Lipinski definition) is 0. The fourth-order valence-corrected chi connectivity index (χ4v) is 4.69. The molecule has 1 aliphatic heterocycles. The lowest BCUT2D eigenvalue weighted by Gasteiger charge is -2.36. The zero-order chi connectivity index (χ0) is 24.8. The minimum atomic E-state index is -0.328. The van der Waals surface area contributed by atoms with Crippen LogP contribution >= 0.6 is 0 Å². The molecule has 1 saturated heterocycles. The average Bonchev–Trinajstić information content (AvgIpc) is 2.90. The minimum Gasteiger partial charge on any atom is -0.618 e. The Bertz CT molecular complexity index is 1210. The Labute approximate surface area is 205 Å². The van der Waals surface area contributed by atoms with Gasteiger partial charge in [-0.2, -0.15) is 4.73 Å². The fraction of sp³-hybridized carbons (Fsp3) is 0.321. The number of piperidine rings is 1. The van der Waals surface area contributed by atoms with Gasteiger partial charge in [-0.3, -0.25) is 4.79 Å². The molecule has 3 aromatic rings. The van der Waals surface area contributed by atoms with Crippen LogP contribution in [-0.4, -0.2) is 37.0 Å². The molecule has 182 valence electrons. The van der Waals surface area contributed by atoms with Crippen LogP contribution in [0.1, 0.15) is 35.2 Å². The van der Waals surface area contributed by atoms with Crippen LogP contribution in [-0.2, 0) is 11.3 Å². The molecule has 7 heteroatoms. The van der Waals surface area contributed by atoms with Crippen molar-refractivity contribution in [2.45, 2.75) is 25.9 Å². The maximum Gasteiger partial charge on any atom is 0.410 e. The highest BCUT2D eigenvalue weighted by Crippen LogP contribution is 2.30. The number of carbonyl (C=O) groups excluding carboxylic acids is 2. The number of Topliss-reactive ketones (excluding diaryl/α,β-unsaturated/α-hetero) is 1. The summed E-state index contributed by atoms with van der Waals surface area (Å²) in [6.07, 6.45) is 4.71. The highest BCUT2D eigenvalue weighted by molar-refractivity contribution is 6.06. The van der Waals surface area contributed by atoms with Crippen molar-refractivity contribution in [1.82, 2.24) is 4.90 Å². The number of fused-ring (bicyclic) bond motifs is 1. The lowest BCUT2D eigenvalue weighted by molar-refractivity contribution is -0.577. The van der Waals surface area contributed by atoms with Gasteiger partial charge in [-0.25, -0.2) is 4.79 Å². The monoisotopic (exact) mass is 474 g/mol. The van der Waals surface area contributed by atoms with Gasteiger partial charge in [0.15, 0.2) is 12.0 Å². The molecule has 2 heterocycles. The molecule has 2 atom stereocenters. The van der Waals surface area contributed by atoms with E-state index in [9.17, 15) is 14.8 Å². The quantitative estimate of drug-likeness (QED) is 0.201. The first kappa shape index (κ1) is 24.3. The Morgan fingerprint density at radius 3 is 2.74 bits per heavy atom. The Balaban J connectivity index is 1.36. The van der Waals surface area contributed by atoms with Crippen molar-refractivity contribution in [1.29, 1.82) is 0 Å². The van der Waals surface area contributed by atoms with Crippen molar-refractivity contribution < 1.29 is 23.8 Å². The second-order valence-electron chi connectivity index (χ2n) is 8.83. The van der Waals surface area contributed by atoms with Gasteiger partial charge in [0.05, 0.1) is 12.5 Å². The molecule has 1 aromatic heterocycles. The summed E-state index contributed by atoms with van der Waals surface area (Å²) < 4.78 is 11.5. The van der Waals surface area contributed by atoms with E-state index in [-0.39, 0.29) is 30.3 Å². The predicted molar refractivity (Wildman–Crippen MR) is 133 cm³/mol. The number of likely N-dealkylation sites (tertiary alicyclic amines) is 1. The normalized spacial score (nSPS) is 17.7. The standard InChI is InChI=1S/C28H30N2O5/c1-3-21-18-29(28(32)35-19-20-7-5-4-6-8-20)15-13-22(21)9-12-27(31)24-14-16-30(33)26-11-10-23(34-2)17-25(24)26/h3-8,10-11,14,16-17,21-22H,1,9,12-13,15,18-19H2,2H3/t21-,22+/m0/s1. The van der Waals surface area contributed by atoms with Crippen LogP contribution in [0.5, 0.6) is 5.75 Å². The van der Waals surface area contributed by atoms with E-state index in [2.05, 4.69) is 6.58 Å². The second kappa shape index (κ2) is 11.0. The number of nitrogens with zero attached hydrogens (tertiary/aromatic N) is 2. The average molecular weight is 475 g/mol. The lowest BCUT2D eigenvalue weighted by Crippen LogP contribution is -2.43. The number of hydrogen-bond acceptors (Lipinski definition) is 5. The Morgan fingerprint density at radius 1 is 1.20 bits per heavy atom.